The summed E-state index contributed by atoms with van der Waals surface area (Å²) in [5.41, 5.74) is 0.611. The third-order valence-electron chi connectivity index (χ3n) is 6.75. The monoisotopic (exact) mass is 599 g/mol. The van der Waals surface area contributed by atoms with Gasteiger partial charge in [0.1, 0.15) is 5.69 Å². The molecule has 220 valence electrons. The van der Waals surface area contributed by atoms with Gasteiger partial charge in [0.2, 0.25) is 11.9 Å². The van der Waals surface area contributed by atoms with Crippen molar-refractivity contribution in [1.82, 2.24) is 35.6 Å². The number of halogens is 3. The van der Waals surface area contributed by atoms with E-state index in [1.165, 1.54) is 12.4 Å². The zero-order valence-corrected chi connectivity index (χ0v) is 23.7. The minimum atomic E-state index is -4.59. The number of anilines is 2. The molecule has 11 nitrogen and oxygen atoms in total. The lowest BCUT2D eigenvalue weighted by Crippen LogP contribution is -2.38. The van der Waals surface area contributed by atoms with Gasteiger partial charge in [-0.25, -0.2) is 24.9 Å². The molecule has 0 bridgehead atoms. The van der Waals surface area contributed by atoms with Gasteiger partial charge in [-0.3, -0.25) is 14.9 Å². The molecule has 2 N–H and O–H groups in total. The molecule has 42 heavy (non-hydrogen) atoms. The van der Waals surface area contributed by atoms with E-state index in [9.17, 15) is 22.8 Å². The number of aromatic nitrogens is 5. The van der Waals surface area contributed by atoms with Crippen molar-refractivity contribution >= 4 is 40.9 Å². The maximum atomic E-state index is 13.6. The Kier molecular flexibility index (Phi) is 8.68. The van der Waals surface area contributed by atoms with Crippen LogP contribution in [0.5, 0.6) is 0 Å². The number of alkyl halides is 3. The van der Waals surface area contributed by atoms with Crippen LogP contribution in [0.15, 0.2) is 41.7 Å². The molecule has 0 saturated carbocycles. The van der Waals surface area contributed by atoms with Gasteiger partial charge in [-0.2, -0.15) is 13.2 Å². The molecule has 0 spiro atoms. The number of hydrogen-bond acceptors (Lipinski definition) is 11. The zero-order chi connectivity index (χ0) is 29.9. The first-order chi connectivity index (χ1) is 20.0. The summed E-state index contributed by atoms with van der Waals surface area (Å²) in [7, 11) is 3.55. The average Bonchev–Trinajstić information content (AvgIpc) is 3.28. The second kappa shape index (κ2) is 12.4. The number of rotatable bonds is 8. The van der Waals surface area contributed by atoms with E-state index in [1.54, 1.807) is 43.4 Å². The number of thioether (sulfide) groups is 1. The molecule has 0 atom stereocenters. The van der Waals surface area contributed by atoms with E-state index < -0.39 is 23.0 Å². The molecule has 3 aromatic rings. The summed E-state index contributed by atoms with van der Waals surface area (Å²) < 4.78 is 40.8. The Morgan fingerprint density at radius 1 is 1.12 bits per heavy atom. The molecular weight excluding hydrogens is 571 g/mol. The number of imide groups is 1. The first-order valence-electron chi connectivity index (χ1n) is 13.2. The van der Waals surface area contributed by atoms with Gasteiger partial charge in [-0.05, 0) is 66.9 Å². The number of nitrogens with zero attached hydrogens (tertiary/aromatic N) is 7. The topological polar surface area (TPSA) is 129 Å². The molecular formula is C27H28F3N9O2S. The van der Waals surface area contributed by atoms with Gasteiger partial charge in [0.25, 0.3) is 11.1 Å². The van der Waals surface area contributed by atoms with Crippen molar-refractivity contribution in [2.45, 2.75) is 25.6 Å². The highest BCUT2D eigenvalue weighted by Gasteiger charge is 2.33. The maximum Gasteiger partial charge on any atom is 0.433 e. The number of nitrogens with one attached hydrogen (secondary N) is 2. The molecule has 0 aromatic carbocycles. The van der Waals surface area contributed by atoms with Gasteiger partial charge in [0, 0.05) is 57.9 Å². The summed E-state index contributed by atoms with van der Waals surface area (Å²) in [6, 6.07) is 4.36. The van der Waals surface area contributed by atoms with Gasteiger partial charge in [0.05, 0.1) is 16.3 Å². The largest absolute Gasteiger partial charge is 0.433 e. The van der Waals surface area contributed by atoms with E-state index in [-0.39, 0.29) is 17.1 Å². The number of pyridine rings is 1. The maximum absolute atomic E-state index is 13.6. The fourth-order valence-electron chi connectivity index (χ4n) is 4.57. The van der Waals surface area contributed by atoms with E-state index in [0.717, 1.165) is 30.7 Å². The van der Waals surface area contributed by atoms with Crippen LogP contribution in [0.1, 0.15) is 29.8 Å². The van der Waals surface area contributed by atoms with Crippen LogP contribution in [0.2, 0.25) is 0 Å². The van der Waals surface area contributed by atoms with Crippen molar-refractivity contribution in [3.05, 3.63) is 58.6 Å². The lowest BCUT2D eigenvalue weighted by Gasteiger charge is -2.32. The first kappa shape index (κ1) is 29.4. The van der Waals surface area contributed by atoms with Crippen LogP contribution in [-0.2, 0) is 17.5 Å². The molecule has 0 unspecified atom stereocenters. The predicted molar refractivity (Wildman–Crippen MR) is 152 cm³/mol. The Hall–Kier alpha value is -4.11. The van der Waals surface area contributed by atoms with E-state index in [4.69, 9.17) is 0 Å². The summed E-state index contributed by atoms with van der Waals surface area (Å²) >= 11 is 0.833. The van der Waals surface area contributed by atoms with Crippen molar-refractivity contribution in [3.63, 3.8) is 0 Å². The Morgan fingerprint density at radius 2 is 1.86 bits per heavy atom. The van der Waals surface area contributed by atoms with Crippen molar-refractivity contribution < 1.29 is 22.8 Å². The minimum Gasteiger partial charge on any atom is -0.347 e. The molecule has 2 aliphatic heterocycles. The first-order valence-corrected chi connectivity index (χ1v) is 14.0. The van der Waals surface area contributed by atoms with Crippen LogP contribution in [0.4, 0.5) is 29.9 Å². The minimum absolute atomic E-state index is 0.164. The quantitative estimate of drug-likeness (QED) is 0.368. The number of carbonyl (C=O) groups excluding carboxylic acids is 2. The lowest BCUT2D eigenvalue weighted by molar-refractivity contribution is -0.141. The van der Waals surface area contributed by atoms with Crippen LogP contribution in [-0.4, -0.2) is 69.8 Å². The molecule has 5 rings (SSSR count). The standard InChI is InChI=1S/C27H28F3N9O2S/c1-38(2)24-33-14-18(15-34-24)20-9-17(10-22(36-20)27(28,29)30)13-31-12-16-4-7-39(8-5-16)25-32-6-3-19(35-25)11-21-23(40)37-26(41)42-21/h3,6,9-11,14-16,31H,4-5,7-8,12-13H2,1-2H3,(H,37,40,41)/b21-11+. The van der Waals surface area contributed by atoms with Crippen LogP contribution in [0.3, 0.4) is 0 Å². The van der Waals surface area contributed by atoms with Crippen LogP contribution < -0.4 is 20.4 Å². The fraction of sp³-hybridized carbons (Fsp3) is 0.370. The molecule has 2 fully saturated rings. The van der Waals surface area contributed by atoms with E-state index in [0.29, 0.717) is 54.3 Å². The van der Waals surface area contributed by atoms with Gasteiger partial charge in [-0.15, -0.1) is 0 Å². The SMILES string of the molecule is CN(C)c1ncc(-c2cc(CNCC3CCN(c4nccc(/C=C5/SC(=O)NC5=O)n4)CC3)cc(C(F)(F)F)n2)cn1. The van der Waals surface area contributed by atoms with Gasteiger partial charge < -0.3 is 15.1 Å². The summed E-state index contributed by atoms with van der Waals surface area (Å²) in [6.07, 6.45) is 3.22. The molecule has 0 radical (unpaired) electrons. The van der Waals surface area contributed by atoms with Gasteiger partial charge >= 0.3 is 6.18 Å². The zero-order valence-electron chi connectivity index (χ0n) is 22.9. The second-order valence-corrected chi connectivity index (χ2v) is 11.1. The normalized spacial score (nSPS) is 17.2. The number of carbonyl (C=O) groups is 2. The summed E-state index contributed by atoms with van der Waals surface area (Å²) in [6.45, 7) is 2.31. The third kappa shape index (κ3) is 7.20. The average molecular weight is 600 g/mol. The Labute approximate surface area is 244 Å². The van der Waals surface area contributed by atoms with Crippen molar-refractivity contribution in [1.29, 1.82) is 0 Å². The molecule has 3 aromatic heterocycles. The highest BCUT2D eigenvalue weighted by Crippen LogP contribution is 2.31. The smallest absolute Gasteiger partial charge is 0.347 e. The van der Waals surface area contributed by atoms with Crippen molar-refractivity contribution in [2.75, 3.05) is 43.5 Å². The molecule has 2 amide bonds. The summed E-state index contributed by atoms with van der Waals surface area (Å²) in [5.74, 6) is 0.873. The van der Waals surface area contributed by atoms with Crippen LogP contribution in [0.25, 0.3) is 17.3 Å². The van der Waals surface area contributed by atoms with Crippen LogP contribution in [0, 0.1) is 5.92 Å². The molecule has 0 aliphatic carbocycles. The Morgan fingerprint density at radius 3 is 2.50 bits per heavy atom. The third-order valence-corrected chi connectivity index (χ3v) is 7.57. The van der Waals surface area contributed by atoms with Crippen molar-refractivity contribution in [2.24, 2.45) is 5.92 Å². The number of amides is 2. The molecule has 2 aliphatic rings. The summed E-state index contributed by atoms with van der Waals surface area (Å²) in [5, 5.41) is 5.11. The summed E-state index contributed by atoms with van der Waals surface area (Å²) in [4.78, 5) is 48.4. The lowest BCUT2D eigenvalue weighted by atomic mass is 9.97. The van der Waals surface area contributed by atoms with Gasteiger partial charge in [0.15, 0.2) is 0 Å². The number of piperidine rings is 1. The van der Waals surface area contributed by atoms with Crippen LogP contribution >= 0.6 is 11.8 Å². The fourth-order valence-corrected chi connectivity index (χ4v) is 5.24. The van der Waals surface area contributed by atoms with E-state index >= 15 is 0 Å². The van der Waals surface area contributed by atoms with E-state index in [2.05, 4.69) is 40.5 Å². The highest BCUT2D eigenvalue weighted by molar-refractivity contribution is 8.18. The molecule has 2 saturated heterocycles. The predicted octanol–water partition coefficient (Wildman–Crippen LogP) is 3.74. The Balaban J connectivity index is 1.18. The molecule has 15 heteroatoms. The highest BCUT2D eigenvalue weighted by atomic mass is 32.2. The second-order valence-electron chi connectivity index (χ2n) is 10.1. The molecule has 5 heterocycles. The number of hydrogen-bond donors (Lipinski definition) is 2. The van der Waals surface area contributed by atoms with Crippen molar-refractivity contribution in [3.8, 4) is 11.3 Å². The van der Waals surface area contributed by atoms with E-state index in [1.807, 2.05) is 0 Å². The van der Waals surface area contributed by atoms with Gasteiger partial charge in [-0.1, -0.05) is 0 Å². The Bertz CT molecular complexity index is 1490.